The zero-order chi connectivity index (χ0) is 24.2. The summed E-state index contributed by atoms with van der Waals surface area (Å²) in [5.41, 5.74) is 1.64. The number of ketones is 1. The van der Waals surface area contributed by atoms with E-state index in [9.17, 15) is 19.5 Å². The van der Waals surface area contributed by atoms with E-state index in [0.717, 1.165) is 0 Å². The van der Waals surface area contributed by atoms with Gasteiger partial charge in [0.2, 0.25) is 0 Å². The first kappa shape index (κ1) is 22.8. The molecule has 0 aromatic heterocycles. The van der Waals surface area contributed by atoms with Crippen molar-refractivity contribution in [3.05, 3.63) is 101 Å². The number of para-hydroxylation sites is 1. The van der Waals surface area contributed by atoms with Crippen LogP contribution >= 0.6 is 0 Å². The molecule has 3 aromatic carbocycles. The fourth-order valence-electron chi connectivity index (χ4n) is 4.01. The van der Waals surface area contributed by atoms with E-state index in [2.05, 4.69) is 0 Å². The predicted octanol–water partition coefficient (Wildman–Crippen LogP) is 4.50. The predicted molar refractivity (Wildman–Crippen MR) is 127 cm³/mol. The Kier molecular flexibility index (Phi) is 6.45. The largest absolute Gasteiger partial charge is 0.507 e. The van der Waals surface area contributed by atoms with Crippen LogP contribution in [0.2, 0.25) is 0 Å². The van der Waals surface area contributed by atoms with Gasteiger partial charge < -0.3 is 14.6 Å². The van der Waals surface area contributed by atoms with E-state index in [1.54, 1.807) is 67.6 Å². The number of carbonyl (C=O) groups is 3. The molecule has 172 valence electrons. The summed E-state index contributed by atoms with van der Waals surface area (Å²) in [5.74, 6) is -2.03. The maximum absolute atomic E-state index is 13.2. The van der Waals surface area contributed by atoms with Crippen LogP contribution < -0.4 is 9.64 Å². The topological polar surface area (TPSA) is 93.1 Å². The molecule has 0 radical (unpaired) electrons. The molecule has 1 fully saturated rings. The maximum atomic E-state index is 13.2. The smallest absolute Gasteiger partial charge is 0.338 e. The summed E-state index contributed by atoms with van der Waals surface area (Å²) in [6.07, 6.45) is 0. The molecule has 0 bridgehead atoms. The quantitative estimate of drug-likeness (QED) is 0.254. The number of nitrogens with zero attached hydrogens (tertiary/aromatic N) is 1. The molecule has 1 N–H and O–H groups in total. The van der Waals surface area contributed by atoms with Gasteiger partial charge in [0, 0.05) is 5.69 Å². The van der Waals surface area contributed by atoms with Crippen molar-refractivity contribution < 1.29 is 29.0 Å². The lowest BCUT2D eigenvalue weighted by molar-refractivity contribution is -0.132. The molecule has 1 saturated heterocycles. The summed E-state index contributed by atoms with van der Waals surface area (Å²) in [4.78, 5) is 39.8. The number of Topliss-reactive ketones (excluding diaryl/α,β-unsaturated/α-hetero) is 1. The molecule has 4 rings (SSSR count). The van der Waals surface area contributed by atoms with Crippen LogP contribution in [0.3, 0.4) is 0 Å². The van der Waals surface area contributed by atoms with Gasteiger partial charge in [0.1, 0.15) is 11.5 Å². The Balaban J connectivity index is 1.87. The number of ether oxygens (including phenoxy) is 2. The molecular formula is C27H23NO6. The van der Waals surface area contributed by atoms with Crippen molar-refractivity contribution >= 4 is 29.1 Å². The number of esters is 1. The highest BCUT2D eigenvalue weighted by Crippen LogP contribution is 2.43. The third-order valence-electron chi connectivity index (χ3n) is 5.58. The third kappa shape index (κ3) is 4.03. The lowest BCUT2D eigenvalue weighted by Gasteiger charge is -2.25. The Labute approximate surface area is 196 Å². The molecule has 0 aliphatic carbocycles. The van der Waals surface area contributed by atoms with Gasteiger partial charge in [-0.3, -0.25) is 14.5 Å². The van der Waals surface area contributed by atoms with Gasteiger partial charge >= 0.3 is 5.97 Å². The van der Waals surface area contributed by atoms with Gasteiger partial charge in [-0.2, -0.15) is 0 Å². The fourth-order valence-corrected chi connectivity index (χ4v) is 4.01. The zero-order valence-electron chi connectivity index (χ0n) is 18.7. The normalized spacial score (nSPS) is 17.0. The van der Waals surface area contributed by atoms with Gasteiger partial charge in [0.15, 0.2) is 0 Å². The molecule has 7 nitrogen and oxygen atoms in total. The van der Waals surface area contributed by atoms with Crippen molar-refractivity contribution in [2.75, 3.05) is 18.6 Å². The monoisotopic (exact) mass is 457 g/mol. The summed E-state index contributed by atoms with van der Waals surface area (Å²) in [6, 6.07) is 21.1. The summed E-state index contributed by atoms with van der Waals surface area (Å²) in [5, 5.41) is 11.2. The molecular weight excluding hydrogens is 434 g/mol. The summed E-state index contributed by atoms with van der Waals surface area (Å²) < 4.78 is 10.4. The van der Waals surface area contributed by atoms with Crippen molar-refractivity contribution in [1.82, 2.24) is 0 Å². The highest BCUT2D eigenvalue weighted by atomic mass is 16.5. The van der Waals surface area contributed by atoms with Gasteiger partial charge in [-0.25, -0.2) is 4.79 Å². The van der Waals surface area contributed by atoms with Crippen molar-refractivity contribution in [3.63, 3.8) is 0 Å². The van der Waals surface area contributed by atoms with Gasteiger partial charge in [-0.05, 0) is 48.9 Å². The second-order valence-electron chi connectivity index (χ2n) is 7.55. The molecule has 1 heterocycles. The Hall–Kier alpha value is -4.39. The number of aliphatic hydroxyl groups excluding tert-OH is 1. The van der Waals surface area contributed by atoms with Crippen LogP contribution in [0.25, 0.3) is 5.76 Å². The molecule has 1 atom stereocenters. The summed E-state index contributed by atoms with van der Waals surface area (Å²) in [7, 11) is 1.46. The Morgan fingerprint density at radius 3 is 2.24 bits per heavy atom. The van der Waals surface area contributed by atoms with Crippen LogP contribution in [0, 0.1) is 0 Å². The van der Waals surface area contributed by atoms with E-state index in [4.69, 9.17) is 9.47 Å². The van der Waals surface area contributed by atoms with Crippen LogP contribution in [0.15, 0.2) is 84.4 Å². The number of methoxy groups -OCH3 is 1. The third-order valence-corrected chi connectivity index (χ3v) is 5.58. The molecule has 1 aliphatic rings. The van der Waals surface area contributed by atoms with E-state index in [1.807, 2.05) is 6.07 Å². The first-order valence-electron chi connectivity index (χ1n) is 10.7. The van der Waals surface area contributed by atoms with E-state index < -0.39 is 23.7 Å². The van der Waals surface area contributed by atoms with Gasteiger partial charge in [-0.15, -0.1) is 0 Å². The lowest BCUT2D eigenvalue weighted by atomic mass is 9.95. The van der Waals surface area contributed by atoms with E-state index in [-0.39, 0.29) is 17.9 Å². The van der Waals surface area contributed by atoms with Crippen molar-refractivity contribution in [3.8, 4) is 5.75 Å². The number of anilines is 1. The molecule has 34 heavy (non-hydrogen) atoms. The van der Waals surface area contributed by atoms with Crippen LogP contribution in [0.1, 0.15) is 34.5 Å². The maximum Gasteiger partial charge on any atom is 0.338 e. The highest BCUT2D eigenvalue weighted by molar-refractivity contribution is 6.51. The minimum atomic E-state index is -0.875. The zero-order valence-corrected chi connectivity index (χ0v) is 18.7. The average molecular weight is 457 g/mol. The van der Waals surface area contributed by atoms with Crippen LogP contribution in [0.4, 0.5) is 5.69 Å². The van der Waals surface area contributed by atoms with E-state index in [1.165, 1.54) is 24.1 Å². The first-order chi connectivity index (χ1) is 16.5. The molecule has 1 aliphatic heterocycles. The Bertz CT molecular complexity index is 1260. The van der Waals surface area contributed by atoms with Crippen LogP contribution in [-0.4, -0.2) is 36.5 Å². The molecule has 0 spiro atoms. The number of benzene rings is 3. The van der Waals surface area contributed by atoms with E-state index >= 15 is 0 Å². The van der Waals surface area contributed by atoms with Gasteiger partial charge in [0.25, 0.3) is 11.7 Å². The standard InChI is InChI=1S/C27H23NO6/c1-3-34-27(32)18-13-15-19(16-14-18)28-23(17-9-5-4-6-10-17)22(25(30)26(28)31)24(29)20-11-7-8-12-21(20)33-2/h4-16,23,29H,3H2,1-2H3/b24-22-. The molecule has 1 unspecified atom stereocenters. The first-order valence-corrected chi connectivity index (χ1v) is 10.7. The SMILES string of the molecule is CCOC(=O)c1ccc(N2C(=O)C(=O)/C(=C(\O)c3ccccc3OC)C2c2ccccc2)cc1. The molecule has 0 saturated carbocycles. The number of rotatable bonds is 6. The van der Waals surface area contributed by atoms with Crippen molar-refractivity contribution in [1.29, 1.82) is 0 Å². The summed E-state index contributed by atoms with van der Waals surface area (Å²) >= 11 is 0. The number of hydrogen-bond acceptors (Lipinski definition) is 6. The number of aliphatic hydroxyl groups is 1. The molecule has 7 heteroatoms. The molecule has 1 amide bonds. The minimum absolute atomic E-state index is 0.0461. The van der Waals surface area contributed by atoms with Crippen molar-refractivity contribution in [2.45, 2.75) is 13.0 Å². The highest BCUT2D eigenvalue weighted by Gasteiger charge is 2.47. The fraction of sp³-hybridized carbons (Fsp3) is 0.148. The van der Waals surface area contributed by atoms with Crippen molar-refractivity contribution in [2.24, 2.45) is 0 Å². The second kappa shape index (κ2) is 9.62. The number of amides is 1. The van der Waals surface area contributed by atoms with Gasteiger partial charge in [0.05, 0.1) is 36.5 Å². The summed E-state index contributed by atoms with van der Waals surface area (Å²) in [6.45, 7) is 1.96. The Morgan fingerprint density at radius 1 is 0.941 bits per heavy atom. The van der Waals surface area contributed by atoms with Crippen LogP contribution in [0.5, 0.6) is 5.75 Å². The molecule has 3 aromatic rings. The minimum Gasteiger partial charge on any atom is -0.507 e. The number of hydrogen-bond donors (Lipinski definition) is 1. The number of carbonyl (C=O) groups excluding carboxylic acids is 3. The lowest BCUT2D eigenvalue weighted by Crippen LogP contribution is -2.29. The average Bonchev–Trinajstić information content (AvgIpc) is 3.14. The Morgan fingerprint density at radius 2 is 1.59 bits per heavy atom. The van der Waals surface area contributed by atoms with Gasteiger partial charge in [-0.1, -0.05) is 42.5 Å². The van der Waals surface area contributed by atoms with Crippen LogP contribution in [-0.2, 0) is 14.3 Å². The second-order valence-corrected chi connectivity index (χ2v) is 7.55. The van der Waals surface area contributed by atoms with E-state index in [0.29, 0.717) is 28.1 Å².